The molecular formula is C11H16ClNO. The normalized spacial score (nSPS) is 12.9. The molecule has 1 aromatic rings. The maximum absolute atomic E-state index is 9.79. The maximum Gasteiger partial charge on any atom is 0.0804 e. The zero-order valence-corrected chi connectivity index (χ0v) is 9.30. The topological polar surface area (TPSA) is 46.2 Å². The summed E-state index contributed by atoms with van der Waals surface area (Å²) in [6, 6.07) is 3.81. The molecule has 14 heavy (non-hydrogen) atoms. The molecule has 0 heterocycles. The Morgan fingerprint density at radius 1 is 1.36 bits per heavy atom. The van der Waals surface area contributed by atoms with Crippen LogP contribution in [0.25, 0.3) is 0 Å². The molecule has 0 saturated heterocycles. The highest BCUT2D eigenvalue weighted by Crippen LogP contribution is 2.26. The van der Waals surface area contributed by atoms with Crippen LogP contribution in [0.4, 0.5) is 0 Å². The highest BCUT2D eigenvalue weighted by Gasteiger charge is 2.11. The van der Waals surface area contributed by atoms with Gasteiger partial charge in [-0.1, -0.05) is 17.7 Å². The summed E-state index contributed by atoms with van der Waals surface area (Å²) in [5.41, 5.74) is 8.33. The first kappa shape index (κ1) is 11.5. The molecule has 1 atom stereocenters. The summed E-state index contributed by atoms with van der Waals surface area (Å²) in [6.45, 7) is 4.36. The van der Waals surface area contributed by atoms with Crippen LogP contribution in [0.3, 0.4) is 0 Å². The SMILES string of the molecule is Cc1cc(C(O)CCN)c(C)cc1Cl. The second kappa shape index (κ2) is 4.78. The van der Waals surface area contributed by atoms with Crippen LogP contribution in [-0.4, -0.2) is 11.7 Å². The zero-order valence-electron chi connectivity index (χ0n) is 8.55. The van der Waals surface area contributed by atoms with Crippen LogP contribution < -0.4 is 5.73 Å². The molecule has 0 bridgehead atoms. The first-order valence-electron chi connectivity index (χ1n) is 4.71. The van der Waals surface area contributed by atoms with Gasteiger partial charge in [0.1, 0.15) is 0 Å². The summed E-state index contributed by atoms with van der Waals surface area (Å²) in [5.74, 6) is 0. The number of aliphatic hydroxyl groups excluding tert-OH is 1. The number of nitrogens with two attached hydrogens (primary N) is 1. The van der Waals surface area contributed by atoms with Gasteiger partial charge in [-0.05, 0) is 49.6 Å². The van der Waals surface area contributed by atoms with Gasteiger partial charge in [-0.25, -0.2) is 0 Å². The smallest absolute Gasteiger partial charge is 0.0804 e. The minimum absolute atomic E-state index is 0.476. The Labute approximate surface area is 89.7 Å². The second-order valence-electron chi connectivity index (χ2n) is 3.55. The van der Waals surface area contributed by atoms with Gasteiger partial charge in [-0.2, -0.15) is 0 Å². The third-order valence-electron chi connectivity index (χ3n) is 2.35. The molecule has 0 radical (unpaired) electrons. The molecule has 0 aliphatic heterocycles. The zero-order chi connectivity index (χ0) is 10.7. The number of rotatable bonds is 3. The van der Waals surface area contributed by atoms with Crippen LogP contribution in [0.2, 0.25) is 5.02 Å². The maximum atomic E-state index is 9.79. The largest absolute Gasteiger partial charge is 0.388 e. The van der Waals surface area contributed by atoms with Crippen molar-refractivity contribution >= 4 is 11.6 Å². The van der Waals surface area contributed by atoms with Gasteiger partial charge in [-0.3, -0.25) is 0 Å². The molecule has 0 aromatic heterocycles. The van der Waals surface area contributed by atoms with Crippen molar-refractivity contribution in [2.24, 2.45) is 5.73 Å². The standard InChI is InChI=1S/C11H16ClNO/c1-7-6-10(12)8(2)5-9(7)11(14)3-4-13/h5-6,11,14H,3-4,13H2,1-2H3. The summed E-state index contributed by atoms with van der Waals surface area (Å²) in [4.78, 5) is 0. The van der Waals surface area contributed by atoms with Crippen LogP contribution in [0.1, 0.15) is 29.2 Å². The van der Waals surface area contributed by atoms with E-state index < -0.39 is 6.10 Å². The highest BCUT2D eigenvalue weighted by atomic mass is 35.5. The average Bonchev–Trinajstić information content (AvgIpc) is 2.11. The summed E-state index contributed by atoms with van der Waals surface area (Å²) < 4.78 is 0. The Hall–Kier alpha value is -0.570. The molecule has 0 spiro atoms. The van der Waals surface area contributed by atoms with Crippen LogP contribution in [0.5, 0.6) is 0 Å². The monoisotopic (exact) mass is 213 g/mol. The highest BCUT2D eigenvalue weighted by molar-refractivity contribution is 6.31. The molecule has 3 heteroatoms. The van der Waals surface area contributed by atoms with E-state index in [9.17, 15) is 5.11 Å². The van der Waals surface area contributed by atoms with Gasteiger partial charge in [-0.15, -0.1) is 0 Å². The lowest BCUT2D eigenvalue weighted by atomic mass is 9.99. The number of aryl methyl sites for hydroxylation is 2. The molecule has 1 unspecified atom stereocenters. The van der Waals surface area contributed by atoms with E-state index in [-0.39, 0.29) is 0 Å². The molecule has 3 N–H and O–H groups in total. The second-order valence-corrected chi connectivity index (χ2v) is 3.96. The quantitative estimate of drug-likeness (QED) is 0.810. The van der Waals surface area contributed by atoms with E-state index in [1.54, 1.807) is 0 Å². The van der Waals surface area contributed by atoms with Gasteiger partial charge in [0.2, 0.25) is 0 Å². The van der Waals surface area contributed by atoms with Gasteiger partial charge >= 0.3 is 0 Å². The van der Waals surface area contributed by atoms with E-state index in [0.29, 0.717) is 13.0 Å². The van der Waals surface area contributed by atoms with Gasteiger partial charge in [0.15, 0.2) is 0 Å². The molecule has 1 aromatic carbocycles. The molecule has 78 valence electrons. The Kier molecular flexibility index (Phi) is 3.93. The van der Waals surface area contributed by atoms with E-state index in [1.165, 1.54) is 0 Å². The van der Waals surface area contributed by atoms with Crippen LogP contribution >= 0.6 is 11.6 Å². The molecular weight excluding hydrogens is 198 g/mol. The predicted molar refractivity (Wildman–Crippen MR) is 59.6 cm³/mol. The lowest BCUT2D eigenvalue weighted by molar-refractivity contribution is 0.169. The number of hydrogen-bond acceptors (Lipinski definition) is 2. The number of aliphatic hydroxyl groups is 1. The summed E-state index contributed by atoms with van der Waals surface area (Å²) in [6.07, 6.45) is 0.109. The fraction of sp³-hybridized carbons (Fsp3) is 0.455. The van der Waals surface area contributed by atoms with E-state index in [2.05, 4.69) is 0 Å². The first-order chi connectivity index (χ1) is 6.56. The Morgan fingerprint density at radius 2 is 2.00 bits per heavy atom. The van der Waals surface area contributed by atoms with Gasteiger partial charge < -0.3 is 10.8 Å². The fourth-order valence-electron chi connectivity index (χ4n) is 1.48. The third kappa shape index (κ3) is 2.47. The van der Waals surface area contributed by atoms with Gasteiger partial charge in [0.05, 0.1) is 6.10 Å². The first-order valence-corrected chi connectivity index (χ1v) is 5.09. The summed E-state index contributed by atoms with van der Waals surface area (Å²) in [7, 11) is 0. The van der Waals surface area contributed by atoms with Crippen molar-refractivity contribution in [3.05, 3.63) is 33.8 Å². The number of hydrogen-bond donors (Lipinski definition) is 2. The van der Waals surface area contributed by atoms with Crippen molar-refractivity contribution in [1.82, 2.24) is 0 Å². The van der Waals surface area contributed by atoms with E-state index >= 15 is 0 Å². The van der Waals surface area contributed by atoms with Gasteiger partial charge in [0.25, 0.3) is 0 Å². The average molecular weight is 214 g/mol. The Morgan fingerprint density at radius 3 is 2.57 bits per heavy atom. The lowest BCUT2D eigenvalue weighted by Gasteiger charge is -2.14. The molecule has 0 aliphatic carbocycles. The third-order valence-corrected chi connectivity index (χ3v) is 2.75. The molecule has 0 fully saturated rings. The van der Waals surface area contributed by atoms with Crippen molar-refractivity contribution < 1.29 is 5.11 Å². The van der Waals surface area contributed by atoms with Crippen molar-refractivity contribution in [2.75, 3.05) is 6.54 Å². The van der Waals surface area contributed by atoms with Crippen molar-refractivity contribution in [1.29, 1.82) is 0 Å². The summed E-state index contributed by atoms with van der Waals surface area (Å²) >= 11 is 5.96. The number of halogens is 1. The van der Waals surface area contributed by atoms with E-state index in [1.807, 2.05) is 26.0 Å². The van der Waals surface area contributed by atoms with Crippen molar-refractivity contribution in [3.8, 4) is 0 Å². The van der Waals surface area contributed by atoms with Crippen LogP contribution in [0.15, 0.2) is 12.1 Å². The summed E-state index contributed by atoms with van der Waals surface area (Å²) in [5, 5.41) is 10.5. The number of benzene rings is 1. The predicted octanol–water partition coefficient (Wildman–Crippen LogP) is 2.34. The van der Waals surface area contributed by atoms with Crippen molar-refractivity contribution in [2.45, 2.75) is 26.4 Å². The molecule has 0 aliphatic rings. The van der Waals surface area contributed by atoms with Crippen LogP contribution in [-0.2, 0) is 0 Å². The molecule has 2 nitrogen and oxygen atoms in total. The Balaban J connectivity index is 3.02. The Bertz CT molecular complexity index is 325. The fourth-order valence-corrected chi connectivity index (χ4v) is 1.69. The molecule has 1 rings (SSSR count). The van der Waals surface area contributed by atoms with Gasteiger partial charge in [0, 0.05) is 5.02 Å². The van der Waals surface area contributed by atoms with E-state index in [0.717, 1.165) is 21.7 Å². The van der Waals surface area contributed by atoms with Crippen LogP contribution in [0, 0.1) is 13.8 Å². The minimum Gasteiger partial charge on any atom is -0.388 e. The minimum atomic E-state index is -0.476. The molecule has 0 saturated carbocycles. The van der Waals surface area contributed by atoms with E-state index in [4.69, 9.17) is 17.3 Å². The lowest BCUT2D eigenvalue weighted by Crippen LogP contribution is -2.08. The molecule has 0 amide bonds. The van der Waals surface area contributed by atoms with Crippen molar-refractivity contribution in [3.63, 3.8) is 0 Å².